The van der Waals surface area contributed by atoms with Crippen LogP contribution in [0, 0.1) is 5.82 Å². The van der Waals surface area contributed by atoms with Crippen molar-refractivity contribution in [3.63, 3.8) is 0 Å². The molecule has 13 heavy (non-hydrogen) atoms. The zero-order valence-electron chi connectivity index (χ0n) is 7.66. The molecule has 0 amide bonds. The summed E-state index contributed by atoms with van der Waals surface area (Å²) >= 11 is 0. The van der Waals surface area contributed by atoms with Crippen molar-refractivity contribution >= 4 is 6.21 Å². The van der Waals surface area contributed by atoms with Crippen molar-refractivity contribution in [2.24, 2.45) is 5.16 Å². The highest BCUT2D eigenvalue weighted by Crippen LogP contribution is 2.16. The summed E-state index contributed by atoms with van der Waals surface area (Å²) in [7, 11) is 0. The van der Waals surface area contributed by atoms with E-state index < -0.39 is 0 Å². The van der Waals surface area contributed by atoms with Gasteiger partial charge in [0, 0.05) is 5.56 Å². The topological polar surface area (TPSA) is 32.6 Å². The maximum atomic E-state index is 13.2. The summed E-state index contributed by atoms with van der Waals surface area (Å²) in [6.45, 7) is 3.99. The fraction of sp³-hybridized carbons (Fsp3) is 0.300. The zero-order chi connectivity index (χ0) is 9.84. The summed E-state index contributed by atoms with van der Waals surface area (Å²) in [5, 5.41) is 11.0. The first kappa shape index (κ1) is 9.71. The molecule has 3 heteroatoms. The number of oxime groups is 1. The number of nitrogens with zero attached hydrogens (tertiary/aromatic N) is 1. The van der Waals surface area contributed by atoms with E-state index in [2.05, 4.69) is 5.16 Å². The number of hydrogen-bond donors (Lipinski definition) is 1. The van der Waals surface area contributed by atoms with E-state index in [-0.39, 0.29) is 5.82 Å². The van der Waals surface area contributed by atoms with E-state index >= 15 is 0 Å². The minimum absolute atomic E-state index is 0.298. The Kier molecular flexibility index (Phi) is 3.01. The molecule has 0 aliphatic carbocycles. The molecule has 70 valence electrons. The van der Waals surface area contributed by atoms with E-state index in [9.17, 15) is 4.39 Å². The van der Waals surface area contributed by atoms with Crippen LogP contribution in [0.5, 0.6) is 0 Å². The Morgan fingerprint density at radius 1 is 1.46 bits per heavy atom. The number of halogens is 1. The molecule has 0 heterocycles. The molecule has 1 N–H and O–H groups in total. The first-order valence-corrected chi connectivity index (χ1v) is 4.12. The van der Waals surface area contributed by atoms with Gasteiger partial charge in [0.2, 0.25) is 0 Å². The minimum Gasteiger partial charge on any atom is -0.411 e. The average molecular weight is 181 g/mol. The number of benzene rings is 1. The maximum Gasteiger partial charge on any atom is 0.132 e. The van der Waals surface area contributed by atoms with Gasteiger partial charge in [0.05, 0.1) is 6.21 Å². The summed E-state index contributed by atoms with van der Waals surface area (Å²) < 4.78 is 13.2. The fourth-order valence-corrected chi connectivity index (χ4v) is 1.07. The van der Waals surface area contributed by atoms with Crippen molar-refractivity contribution in [3.8, 4) is 0 Å². The lowest BCUT2D eigenvalue weighted by atomic mass is 10.0. The molecule has 1 aromatic rings. The molecule has 0 bridgehead atoms. The van der Waals surface area contributed by atoms with Crippen molar-refractivity contribution in [1.29, 1.82) is 0 Å². The average Bonchev–Trinajstić information content (AvgIpc) is 2.08. The van der Waals surface area contributed by atoms with E-state index in [1.165, 1.54) is 6.07 Å². The summed E-state index contributed by atoms with van der Waals surface area (Å²) in [5.41, 5.74) is 1.24. The monoisotopic (exact) mass is 181 g/mol. The molecule has 0 spiro atoms. The van der Waals surface area contributed by atoms with Gasteiger partial charge in [-0.2, -0.15) is 0 Å². The van der Waals surface area contributed by atoms with Crippen molar-refractivity contribution in [1.82, 2.24) is 0 Å². The van der Waals surface area contributed by atoms with Gasteiger partial charge in [-0.25, -0.2) is 4.39 Å². The lowest BCUT2D eigenvalue weighted by molar-refractivity contribution is 0.321. The molecule has 0 radical (unpaired) electrons. The second-order valence-electron chi connectivity index (χ2n) is 3.18. The summed E-state index contributed by atoms with van der Waals surface area (Å²) in [6.07, 6.45) is 1.08. The third-order valence-electron chi connectivity index (χ3n) is 1.89. The van der Waals surface area contributed by atoms with Gasteiger partial charge in [-0.15, -0.1) is 0 Å². The lowest BCUT2D eigenvalue weighted by Gasteiger charge is -2.05. The Morgan fingerprint density at radius 3 is 2.62 bits per heavy atom. The molecular weight excluding hydrogens is 169 g/mol. The van der Waals surface area contributed by atoms with Gasteiger partial charge in [0.15, 0.2) is 0 Å². The van der Waals surface area contributed by atoms with Crippen LogP contribution in [0.15, 0.2) is 23.4 Å². The van der Waals surface area contributed by atoms with Gasteiger partial charge in [-0.05, 0) is 17.5 Å². The van der Waals surface area contributed by atoms with Crippen molar-refractivity contribution in [2.75, 3.05) is 0 Å². The molecule has 0 atom stereocenters. The Bertz CT molecular complexity index is 321. The third-order valence-corrected chi connectivity index (χ3v) is 1.89. The minimum atomic E-state index is -0.357. The summed E-state index contributed by atoms with van der Waals surface area (Å²) in [4.78, 5) is 0. The number of hydrogen-bond acceptors (Lipinski definition) is 2. The Hall–Kier alpha value is -1.38. The Morgan fingerprint density at radius 2 is 2.15 bits per heavy atom. The first-order valence-electron chi connectivity index (χ1n) is 4.12. The van der Waals surface area contributed by atoms with Crippen LogP contribution in [-0.4, -0.2) is 11.4 Å². The predicted molar refractivity (Wildman–Crippen MR) is 49.9 cm³/mol. The number of rotatable bonds is 2. The molecule has 1 rings (SSSR count). The summed E-state index contributed by atoms with van der Waals surface area (Å²) in [6, 6.07) is 4.89. The zero-order valence-corrected chi connectivity index (χ0v) is 7.66. The van der Waals surface area contributed by atoms with E-state index in [4.69, 9.17) is 5.21 Å². The normalized spacial score (nSPS) is 11.4. The van der Waals surface area contributed by atoms with Gasteiger partial charge in [0.25, 0.3) is 0 Å². The van der Waals surface area contributed by atoms with Crippen LogP contribution in [0.4, 0.5) is 4.39 Å². The molecule has 0 fully saturated rings. The molecule has 0 unspecified atom stereocenters. The van der Waals surface area contributed by atoms with Crippen LogP contribution < -0.4 is 0 Å². The van der Waals surface area contributed by atoms with Crippen molar-refractivity contribution < 1.29 is 9.60 Å². The van der Waals surface area contributed by atoms with Gasteiger partial charge >= 0.3 is 0 Å². The second kappa shape index (κ2) is 4.03. The SMILES string of the molecule is CC(C)c1ccc(/C=N/O)c(F)c1. The lowest BCUT2D eigenvalue weighted by Crippen LogP contribution is -1.93. The largest absolute Gasteiger partial charge is 0.411 e. The molecule has 0 aromatic heterocycles. The van der Waals surface area contributed by atoms with Gasteiger partial charge in [-0.3, -0.25) is 0 Å². The van der Waals surface area contributed by atoms with Crippen LogP contribution in [0.3, 0.4) is 0 Å². The molecule has 0 aliphatic rings. The molecule has 0 aliphatic heterocycles. The molecule has 0 saturated heterocycles. The van der Waals surface area contributed by atoms with Gasteiger partial charge < -0.3 is 5.21 Å². The van der Waals surface area contributed by atoms with Crippen molar-refractivity contribution in [2.45, 2.75) is 19.8 Å². The molecular formula is C10H12FNO. The van der Waals surface area contributed by atoms with Crippen LogP contribution in [0.1, 0.15) is 30.9 Å². The van der Waals surface area contributed by atoms with Crippen molar-refractivity contribution in [3.05, 3.63) is 35.1 Å². The highest BCUT2D eigenvalue weighted by molar-refractivity contribution is 5.79. The standard InChI is InChI=1S/C10H12FNO/c1-7(2)8-3-4-9(6-12-13)10(11)5-8/h3-7,13H,1-2H3/b12-6+. The van der Waals surface area contributed by atoms with E-state index in [0.717, 1.165) is 11.8 Å². The first-order chi connectivity index (χ1) is 6.15. The van der Waals surface area contributed by atoms with Crippen LogP contribution in [-0.2, 0) is 0 Å². The van der Waals surface area contributed by atoms with Gasteiger partial charge in [-0.1, -0.05) is 31.1 Å². The van der Waals surface area contributed by atoms with E-state index in [1.807, 2.05) is 19.9 Å². The highest BCUT2D eigenvalue weighted by atomic mass is 19.1. The smallest absolute Gasteiger partial charge is 0.132 e. The Labute approximate surface area is 76.7 Å². The van der Waals surface area contributed by atoms with Crippen LogP contribution >= 0.6 is 0 Å². The van der Waals surface area contributed by atoms with Gasteiger partial charge in [0.1, 0.15) is 5.82 Å². The molecule has 0 saturated carbocycles. The Balaban J connectivity index is 3.05. The van der Waals surface area contributed by atoms with E-state index in [0.29, 0.717) is 11.5 Å². The maximum absolute atomic E-state index is 13.2. The second-order valence-corrected chi connectivity index (χ2v) is 3.18. The third kappa shape index (κ3) is 2.28. The quantitative estimate of drug-likeness (QED) is 0.424. The van der Waals surface area contributed by atoms with Crippen LogP contribution in [0.2, 0.25) is 0 Å². The van der Waals surface area contributed by atoms with Crippen LogP contribution in [0.25, 0.3) is 0 Å². The van der Waals surface area contributed by atoms with E-state index in [1.54, 1.807) is 6.07 Å². The summed E-state index contributed by atoms with van der Waals surface area (Å²) in [5.74, 6) is -0.0568. The highest BCUT2D eigenvalue weighted by Gasteiger charge is 2.03. The molecule has 1 aromatic carbocycles. The predicted octanol–water partition coefficient (Wildman–Crippen LogP) is 2.76. The molecule has 2 nitrogen and oxygen atoms in total. The fourth-order valence-electron chi connectivity index (χ4n) is 1.07.